The van der Waals surface area contributed by atoms with Crippen LogP contribution in [0.5, 0.6) is 0 Å². The van der Waals surface area contributed by atoms with Gasteiger partial charge in [-0.2, -0.15) is 0 Å². The van der Waals surface area contributed by atoms with Crippen LogP contribution in [0.1, 0.15) is 0 Å². The van der Waals surface area contributed by atoms with Gasteiger partial charge in [0.25, 0.3) is 0 Å². The van der Waals surface area contributed by atoms with Crippen LogP contribution in [0.2, 0.25) is 0 Å². The monoisotopic (exact) mass is 674 g/mol. The molecule has 0 saturated heterocycles. The van der Waals surface area contributed by atoms with E-state index in [2.05, 4.69) is 189 Å². The Bertz CT molecular complexity index is 3450. The summed E-state index contributed by atoms with van der Waals surface area (Å²) in [5, 5.41) is 10.0. The van der Waals surface area contributed by atoms with E-state index in [1.165, 1.54) is 70.7 Å². The first kappa shape index (κ1) is 28.5. The van der Waals surface area contributed by atoms with Crippen molar-refractivity contribution in [3.8, 4) is 22.6 Å². The summed E-state index contributed by atoms with van der Waals surface area (Å²) in [6, 6.07) is 63.8. The fourth-order valence-corrected chi connectivity index (χ4v) is 9.02. The minimum Gasteiger partial charge on any atom is -0.309 e. The molecule has 0 amide bonds. The van der Waals surface area contributed by atoms with Crippen molar-refractivity contribution < 1.29 is 0 Å². The average Bonchev–Trinajstić information content (AvgIpc) is 3.89. The van der Waals surface area contributed by atoms with Gasteiger partial charge in [0.1, 0.15) is 5.82 Å². The summed E-state index contributed by atoms with van der Waals surface area (Å²) in [5.41, 5.74) is 11.8. The number of para-hydroxylation sites is 4. The largest absolute Gasteiger partial charge is 0.309 e. The maximum Gasteiger partial charge on any atom is 0.138 e. The van der Waals surface area contributed by atoms with Crippen LogP contribution in [-0.2, 0) is 0 Å². The van der Waals surface area contributed by atoms with Gasteiger partial charge >= 0.3 is 0 Å². The molecule has 12 aromatic rings. The molecule has 0 atom stereocenters. The van der Waals surface area contributed by atoms with E-state index in [4.69, 9.17) is 4.98 Å². The molecule has 0 spiro atoms. The summed E-state index contributed by atoms with van der Waals surface area (Å²) in [6.07, 6.45) is 1.95. The van der Waals surface area contributed by atoms with E-state index in [-0.39, 0.29) is 0 Å². The molecule has 0 unspecified atom stereocenters. The van der Waals surface area contributed by atoms with Crippen LogP contribution >= 0.6 is 0 Å². The summed E-state index contributed by atoms with van der Waals surface area (Å²) in [4.78, 5) is 5.02. The quantitative estimate of drug-likeness (QED) is 0.171. The highest BCUT2D eigenvalue weighted by molar-refractivity contribution is 6.25. The SMILES string of the molecule is c1ccc(-n2c3ccccc3c3cc(-c4ccnc(-n5c6ccccc6c6c7cc8c9ccccc9c9ccccc9n8c7ccc65)c4)ccc32)cc1. The second-order valence-electron chi connectivity index (χ2n) is 14.0. The van der Waals surface area contributed by atoms with Crippen molar-refractivity contribution in [1.82, 2.24) is 18.5 Å². The highest BCUT2D eigenvalue weighted by Gasteiger charge is 2.20. The highest BCUT2D eigenvalue weighted by Crippen LogP contribution is 2.41. The lowest BCUT2D eigenvalue weighted by Crippen LogP contribution is -1.97. The molecule has 0 saturated carbocycles. The van der Waals surface area contributed by atoms with Crippen molar-refractivity contribution in [2.24, 2.45) is 0 Å². The van der Waals surface area contributed by atoms with Crippen LogP contribution in [-0.4, -0.2) is 18.5 Å². The van der Waals surface area contributed by atoms with Crippen molar-refractivity contribution in [2.75, 3.05) is 0 Å². The minimum absolute atomic E-state index is 0.902. The first-order valence-electron chi connectivity index (χ1n) is 18.1. The van der Waals surface area contributed by atoms with E-state index in [1.807, 2.05) is 6.20 Å². The minimum atomic E-state index is 0.902. The predicted octanol–water partition coefficient (Wildman–Crippen LogP) is 12.7. The van der Waals surface area contributed by atoms with Gasteiger partial charge in [0, 0.05) is 49.6 Å². The Balaban J connectivity index is 1.09. The van der Waals surface area contributed by atoms with Crippen LogP contribution in [0.4, 0.5) is 0 Å². The van der Waals surface area contributed by atoms with Crippen molar-refractivity contribution >= 4 is 81.7 Å². The molecule has 5 heterocycles. The number of hydrogen-bond acceptors (Lipinski definition) is 1. The van der Waals surface area contributed by atoms with Crippen LogP contribution in [0.25, 0.3) is 104 Å². The number of hydrogen-bond donors (Lipinski definition) is 0. The maximum atomic E-state index is 5.02. The molecule has 12 rings (SSSR count). The number of rotatable bonds is 3. The third-order valence-corrected chi connectivity index (χ3v) is 11.3. The Morgan fingerprint density at radius 3 is 1.66 bits per heavy atom. The second-order valence-corrected chi connectivity index (χ2v) is 14.0. The topological polar surface area (TPSA) is 27.2 Å². The summed E-state index contributed by atoms with van der Waals surface area (Å²) in [5.74, 6) is 0.902. The molecule has 0 radical (unpaired) electrons. The van der Waals surface area contributed by atoms with E-state index in [9.17, 15) is 0 Å². The first-order chi connectivity index (χ1) is 26.3. The Labute approximate surface area is 304 Å². The zero-order chi connectivity index (χ0) is 34.6. The lowest BCUT2D eigenvalue weighted by atomic mass is 10.0. The number of pyridine rings is 2. The number of aromatic nitrogens is 4. The molecule has 246 valence electrons. The standard InChI is InChI=1S/C49H30N4/c1-2-12-33(13-3-1)51-41-19-9-7-17-37(41)39-28-31(22-23-44(39)51)32-26-27-50-48(29-32)53-43-21-11-8-18-38(43)49-40-30-47-36-16-5-4-14-34(36)35-15-6-10-20-42(35)52(47)45(40)24-25-46(49)53/h1-30H. The van der Waals surface area contributed by atoms with Crippen molar-refractivity contribution in [2.45, 2.75) is 0 Å². The smallest absolute Gasteiger partial charge is 0.138 e. The van der Waals surface area contributed by atoms with Gasteiger partial charge in [-0.25, -0.2) is 4.98 Å². The molecule has 0 N–H and O–H groups in total. The molecule has 0 aliphatic carbocycles. The molecule has 5 aromatic heterocycles. The summed E-state index contributed by atoms with van der Waals surface area (Å²) >= 11 is 0. The summed E-state index contributed by atoms with van der Waals surface area (Å²) in [7, 11) is 0. The average molecular weight is 675 g/mol. The maximum absolute atomic E-state index is 5.02. The lowest BCUT2D eigenvalue weighted by Gasteiger charge is -2.11. The van der Waals surface area contributed by atoms with Gasteiger partial charge in [-0.3, -0.25) is 4.57 Å². The molecule has 0 aliphatic heterocycles. The van der Waals surface area contributed by atoms with Crippen LogP contribution < -0.4 is 0 Å². The van der Waals surface area contributed by atoms with Gasteiger partial charge in [0.05, 0.1) is 38.6 Å². The molecule has 7 aromatic carbocycles. The van der Waals surface area contributed by atoms with Crippen LogP contribution in [0.15, 0.2) is 182 Å². The first-order valence-corrected chi connectivity index (χ1v) is 18.1. The predicted molar refractivity (Wildman–Crippen MR) is 222 cm³/mol. The molecule has 0 aliphatic rings. The van der Waals surface area contributed by atoms with Crippen LogP contribution in [0.3, 0.4) is 0 Å². The normalized spacial score (nSPS) is 12.2. The van der Waals surface area contributed by atoms with Gasteiger partial charge < -0.3 is 8.97 Å². The van der Waals surface area contributed by atoms with Crippen molar-refractivity contribution in [3.63, 3.8) is 0 Å². The molecular weight excluding hydrogens is 645 g/mol. The van der Waals surface area contributed by atoms with Crippen molar-refractivity contribution in [1.29, 1.82) is 0 Å². The molecule has 0 bridgehead atoms. The molecule has 53 heavy (non-hydrogen) atoms. The molecule has 0 fully saturated rings. The Morgan fingerprint density at radius 2 is 0.868 bits per heavy atom. The third kappa shape index (κ3) is 3.92. The third-order valence-electron chi connectivity index (χ3n) is 11.3. The number of fused-ring (bicyclic) bond motifs is 15. The van der Waals surface area contributed by atoms with Gasteiger partial charge in [0.2, 0.25) is 0 Å². The Hall–Kier alpha value is -7.17. The lowest BCUT2D eigenvalue weighted by molar-refractivity contribution is 1.08. The van der Waals surface area contributed by atoms with Gasteiger partial charge in [-0.05, 0) is 89.3 Å². The Morgan fingerprint density at radius 1 is 0.321 bits per heavy atom. The number of nitrogens with zero attached hydrogens (tertiary/aromatic N) is 4. The van der Waals surface area contributed by atoms with E-state index in [0.29, 0.717) is 0 Å². The number of benzene rings is 7. The Kier molecular flexibility index (Phi) is 5.74. The second kappa shape index (κ2) is 10.7. The van der Waals surface area contributed by atoms with Gasteiger partial charge in [0.15, 0.2) is 0 Å². The van der Waals surface area contributed by atoms with Crippen molar-refractivity contribution in [3.05, 3.63) is 182 Å². The van der Waals surface area contributed by atoms with Gasteiger partial charge in [-0.1, -0.05) is 103 Å². The van der Waals surface area contributed by atoms with E-state index >= 15 is 0 Å². The molecule has 4 nitrogen and oxygen atoms in total. The highest BCUT2D eigenvalue weighted by atomic mass is 15.1. The van der Waals surface area contributed by atoms with E-state index in [0.717, 1.165) is 33.7 Å². The van der Waals surface area contributed by atoms with Crippen LogP contribution in [0, 0.1) is 0 Å². The summed E-state index contributed by atoms with van der Waals surface area (Å²) < 4.78 is 7.15. The van der Waals surface area contributed by atoms with E-state index < -0.39 is 0 Å². The zero-order valence-electron chi connectivity index (χ0n) is 28.6. The summed E-state index contributed by atoms with van der Waals surface area (Å²) in [6.45, 7) is 0. The van der Waals surface area contributed by atoms with E-state index in [1.54, 1.807) is 0 Å². The fraction of sp³-hybridized carbons (Fsp3) is 0. The van der Waals surface area contributed by atoms with Gasteiger partial charge in [-0.15, -0.1) is 0 Å². The fourth-order valence-electron chi connectivity index (χ4n) is 9.02. The molecule has 4 heteroatoms. The molecular formula is C49H30N4. The zero-order valence-corrected chi connectivity index (χ0v) is 28.6.